The van der Waals surface area contributed by atoms with Crippen molar-refractivity contribution in [3.63, 3.8) is 0 Å². The minimum absolute atomic E-state index is 0.302. The Kier molecular flexibility index (Phi) is 4.69. The molecule has 0 atom stereocenters. The van der Waals surface area contributed by atoms with Gasteiger partial charge in [-0.25, -0.2) is 9.79 Å². The minimum atomic E-state index is -0.405. The molecular formula is C13H18N2O2. The molecule has 0 bridgehead atoms. The normalized spacial score (nSPS) is 11.2. The summed E-state index contributed by atoms with van der Waals surface area (Å²) in [6.07, 6.45) is 0. The number of hydrogen-bond acceptors (Lipinski definition) is 3. The van der Waals surface area contributed by atoms with Crippen LogP contribution in [0.1, 0.15) is 12.5 Å². The molecule has 1 aromatic rings. The predicted molar refractivity (Wildman–Crippen MR) is 68.6 cm³/mol. The molecule has 0 aliphatic heterocycles. The molecule has 0 unspecified atom stereocenters. The lowest BCUT2D eigenvalue weighted by Gasteiger charge is -2.14. The van der Waals surface area contributed by atoms with Crippen molar-refractivity contribution in [1.82, 2.24) is 4.90 Å². The fourth-order valence-corrected chi connectivity index (χ4v) is 1.27. The predicted octanol–water partition coefficient (Wildman–Crippen LogP) is 2.15. The highest BCUT2D eigenvalue weighted by molar-refractivity contribution is 6.35. The largest absolute Gasteiger partial charge is 0.460 e. The quantitative estimate of drug-likeness (QED) is 0.447. The molecule has 4 nitrogen and oxygen atoms in total. The van der Waals surface area contributed by atoms with Gasteiger partial charge in [0, 0.05) is 14.1 Å². The number of likely N-dealkylation sites (N-methyl/N-ethyl adjacent to an activating group) is 1. The van der Waals surface area contributed by atoms with Gasteiger partial charge in [0.05, 0.1) is 12.3 Å². The van der Waals surface area contributed by atoms with Crippen LogP contribution in [0.2, 0.25) is 0 Å². The maximum atomic E-state index is 11.7. The van der Waals surface area contributed by atoms with Gasteiger partial charge in [0.25, 0.3) is 0 Å². The lowest BCUT2D eigenvalue weighted by molar-refractivity contribution is -0.135. The van der Waals surface area contributed by atoms with Crippen molar-refractivity contribution in [2.24, 2.45) is 4.99 Å². The van der Waals surface area contributed by atoms with Gasteiger partial charge in [-0.3, -0.25) is 0 Å². The van der Waals surface area contributed by atoms with Crippen LogP contribution in [0.15, 0.2) is 29.3 Å². The first kappa shape index (κ1) is 13.2. The zero-order valence-corrected chi connectivity index (χ0v) is 10.7. The molecule has 4 heteroatoms. The Balaban J connectivity index is 2.97. The van der Waals surface area contributed by atoms with Crippen molar-refractivity contribution in [2.75, 3.05) is 20.7 Å². The number of nitrogens with zero attached hydrogens (tertiary/aromatic N) is 2. The van der Waals surface area contributed by atoms with Gasteiger partial charge in [-0.1, -0.05) is 17.7 Å². The highest BCUT2D eigenvalue weighted by atomic mass is 16.5. The second-order valence-corrected chi connectivity index (χ2v) is 3.89. The lowest BCUT2D eigenvalue weighted by Crippen LogP contribution is -2.31. The summed E-state index contributed by atoms with van der Waals surface area (Å²) in [5, 5.41) is 0. The summed E-state index contributed by atoms with van der Waals surface area (Å²) in [6.45, 7) is 4.13. The Morgan fingerprint density at radius 1 is 1.29 bits per heavy atom. The number of aryl methyl sites for hydroxylation is 1. The van der Waals surface area contributed by atoms with Gasteiger partial charge < -0.3 is 9.64 Å². The topological polar surface area (TPSA) is 41.9 Å². The Labute approximate surface area is 102 Å². The summed E-state index contributed by atoms with van der Waals surface area (Å²) in [5.74, 6) is -0.103. The van der Waals surface area contributed by atoms with E-state index in [0.29, 0.717) is 12.4 Å². The molecule has 0 heterocycles. The van der Waals surface area contributed by atoms with Crippen molar-refractivity contribution in [2.45, 2.75) is 13.8 Å². The van der Waals surface area contributed by atoms with E-state index < -0.39 is 5.97 Å². The molecule has 1 aromatic carbocycles. The number of rotatable bonds is 2. The van der Waals surface area contributed by atoms with E-state index in [1.807, 2.05) is 31.2 Å². The van der Waals surface area contributed by atoms with Crippen LogP contribution in [0, 0.1) is 6.92 Å². The molecule has 0 aliphatic carbocycles. The van der Waals surface area contributed by atoms with E-state index in [4.69, 9.17) is 4.74 Å². The molecular weight excluding hydrogens is 216 g/mol. The Hall–Kier alpha value is -1.84. The van der Waals surface area contributed by atoms with E-state index in [-0.39, 0.29) is 0 Å². The summed E-state index contributed by atoms with van der Waals surface area (Å²) in [6, 6.07) is 7.66. The standard InChI is InChI=1S/C13H18N2O2/c1-5-17-13(16)12(15(3)4)14-11-8-6-10(2)7-9-11/h6-9H,5H2,1-4H3. The first-order valence-electron chi connectivity index (χ1n) is 5.54. The number of carbonyl (C=O) groups excluding carboxylic acids is 1. The van der Waals surface area contributed by atoms with Crippen LogP contribution in [-0.2, 0) is 9.53 Å². The minimum Gasteiger partial charge on any atom is -0.460 e. The molecule has 0 saturated heterocycles. The Morgan fingerprint density at radius 2 is 1.88 bits per heavy atom. The molecule has 0 radical (unpaired) electrons. The van der Waals surface area contributed by atoms with Crippen LogP contribution in [0.4, 0.5) is 5.69 Å². The molecule has 0 saturated carbocycles. The van der Waals surface area contributed by atoms with Crippen LogP contribution in [0.25, 0.3) is 0 Å². The Morgan fingerprint density at radius 3 is 2.35 bits per heavy atom. The van der Waals surface area contributed by atoms with E-state index in [2.05, 4.69) is 4.99 Å². The fourth-order valence-electron chi connectivity index (χ4n) is 1.27. The van der Waals surface area contributed by atoms with Gasteiger partial charge in [-0.15, -0.1) is 0 Å². The molecule has 92 valence electrons. The van der Waals surface area contributed by atoms with Crippen LogP contribution >= 0.6 is 0 Å². The molecule has 0 N–H and O–H groups in total. The maximum absolute atomic E-state index is 11.7. The van der Waals surface area contributed by atoms with Crippen LogP contribution < -0.4 is 0 Å². The number of hydrogen-bond donors (Lipinski definition) is 0. The number of ether oxygens (including phenoxy) is 1. The van der Waals surface area contributed by atoms with E-state index in [9.17, 15) is 4.79 Å². The average Bonchev–Trinajstić information content (AvgIpc) is 2.28. The molecule has 0 spiro atoms. The summed E-state index contributed by atoms with van der Waals surface area (Å²) in [4.78, 5) is 17.6. The van der Waals surface area contributed by atoms with E-state index in [1.165, 1.54) is 0 Å². The summed E-state index contributed by atoms with van der Waals surface area (Å²) >= 11 is 0. The number of esters is 1. The van der Waals surface area contributed by atoms with Crippen LogP contribution in [0.3, 0.4) is 0 Å². The summed E-state index contributed by atoms with van der Waals surface area (Å²) < 4.78 is 4.95. The first-order valence-corrected chi connectivity index (χ1v) is 5.54. The highest BCUT2D eigenvalue weighted by Gasteiger charge is 2.14. The van der Waals surface area contributed by atoms with Crippen molar-refractivity contribution in [3.8, 4) is 0 Å². The van der Waals surface area contributed by atoms with Gasteiger partial charge in [-0.2, -0.15) is 0 Å². The Bertz CT molecular complexity index is 408. The third kappa shape index (κ3) is 3.90. The molecule has 0 amide bonds. The number of amidine groups is 1. The summed E-state index contributed by atoms with van der Waals surface area (Å²) in [5.41, 5.74) is 1.90. The van der Waals surface area contributed by atoms with E-state index in [0.717, 1.165) is 11.3 Å². The van der Waals surface area contributed by atoms with E-state index in [1.54, 1.807) is 25.9 Å². The van der Waals surface area contributed by atoms with Gasteiger partial charge in [0.2, 0.25) is 5.84 Å². The number of carbonyl (C=O) groups is 1. The molecule has 17 heavy (non-hydrogen) atoms. The zero-order chi connectivity index (χ0) is 12.8. The average molecular weight is 234 g/mol. The second-order valence-electron chi connectivity index (χ2n) is 3.89. The fraction of sp³-hybridized carbons (Fsp3) is 0.385. The zero-order valence-electron chi connectivity index (χ0n) is 10.7. The number of aliphatic imine (C=N–C) groups is 1. The van der Waals surface area contributed by atoms with Crippen molar-refractivity contribution in [3.05, 3.63) is 29.8 Å². The van der Waals surface area contributed by atoms with Crippen LogP contribution in [-0.4, -0.2) is 37.4 Å². The van der Waals surface area contributed by atoms with Gasteiger partial charge in [-0.05, 0) is 26.0 Å². The second kappa shape index (κ2) is 6.03. The SMILES string of the molecule is CCOC(=O)C(=Nc1ccc(C)cc1)N(C)C. The van der Waals surface area contributed by atoms with Crippen molar-refractivity contribution in [1.29, 1.82) is 0 Å². The van der Waals surface area contributed by atoms with Crippen molar-refractivity contribution < 1.29 is 9.53 Å². The number of benzene rings is 1. The third-order valence-corrected chi connectivity index (χ3v) is 2.15. The summed E-state index contributed by atoms with van der Waals surface area (Å²) in [7, 11) is 3.54. The molecule has 1 rings (SSSR count). The smallest absolute Gasteiger partial charge is 0.374 e. The third-order valence-electron chi connectivity index (χ3n) is 2.15. The van der Waals surface area contributed by atoms with Gasteiger partial charge >= 0.3 is 5.97 Å². The monoisotopic (exact) mass is 234 g/mol. The molecule has 0 aromatic heterocycles. The van der Waals surface area contributed by atoms with Gasteiger partial charge in [0.1, 0.15) is 0 Å². The maximum Gasteiger partial charge on any atom is 0.374 e. The molecule has 0 fully saturated rings. The van der Waals surface area contributed by atoms with E-state index >= 15 is 0 Å². The lowest BCUT2D eigenvalue weighted by atomic mass is 10.2. The van der Waals surface area contributed by atoms with Crippen molar-refractivity contribution >= 4 is 17.5 Å². The van der Waals surface area contributed by atoms with Gasteiger partial charge in [0.15, 0.2) is 0 Å². The highest BCUT2D eigenvalue weighted by Crippen LogP contribution is 2.13. The molecule has 0 aliphatic rings. The first-order chi connectivity index (χ1) is 8.04. The van der Waals surface area contributed by atoms with Crippen LogP contribution in [0.5, 0.6) is 0 Å².